The molecule has 1 N–H and O–H groups in total. The number of hydrogen-bond acceptors (Lipinski definition) is 5. The third-order valence-electron chi connectivity index (χ3n) is 8.74. The van der Waals surface area contributed by atoms with Gasteiger partial charge in [-0.05, 0) is 52.9 Å². The predicted molar refractivity (Wildman–Crippen MR) is 144 cm³/mol. The molecule has 0 saturated carbocycles. The van der Waals surface area contributed by atoms with E-state index in [1.807, 2.05) is 41.5 Å². The molecule has 0 aromatic rings. The summed E-state index contributed by atoms with van der Waals surface area (Å²) in [6, 6.07) is -1.45. The third kappa shape index (κ3) is 4.54. The molecule has 208 valence electrons. The summed E-state index contributed by atoms with van der Waals surface area (Å²) in [5, 5.41) is 10.3. The van der Waals surface area contributed by atoms with Crippen LogP contribution in [0.25, 0.3) is 0 Å². The monoisotopic (exact) mass is 517 g/mol. The smallest absolute Gasteiger partial charge is 0.249 e. The number of aliphatic hydroxyl groups is 1. The number of carbonyl (C=O) groups excluding carboxylic acids is 3. The number of fused-ring (bicyclic) bond motifs is 1. The number of amides is 3. The van der Waals surface area contributed by atoms with Crippen molar-refractivity contribution in [1.29, 1.82) is 0 Å². The van der Waals surface area contributed by atoms with Crippen molar-refractivity contribution in [2.45, 2.75) is 102 Å². The highest BCUT2D eigenvalue weighted by molar-refractivity contribution is 5.99. The fourth-order valence-electron chi connectivity index (χ4n) is 7.00. The highest BCUT2D eigenvalue weighted by atomic mass is 16.5. The van der Waals surface area contributed by atoms with Gasteiger partial charge in [-0.3, -0.25) is 14.4 Å². The van der Waals surface area contributed by atoms with Crippen LogP contribution in [-0.4, -0.2) is 92.6 Å². The second kappa shape index (κ2) is 10.9. The minimum absolute atomic E-state index is 0.104. The first kappa shape index (κ1) is 29.4. The minimum atomic E-state index is -1.11. The van der Waals surface area contributed by atoms with Crippen LogP contribution in [0.3, 0.4) is 0 Å². The first-order valence-corrected chi connectivity index (χ1v) is 13.9. The molecule has 3 aliphatic rings. The first-order valence-electron chi connectivity index (χ1n) is 13.9. The van der Waals surface area contributed by atoms with Gasteiger partial charge in [-0.25, -0.2) is 0 Å². The van der Waals surface area contributed by atoms with Gasteiger partial charge in [-0.2, -0.15) is 0 Å². The van der Waals surface area contributed by atoms with E-state index in [-0.39, 0.29) is 24.3 Å². The number of rotatable bonds is 12. The quantitative estimate of drug-likeness (QED) is 0.402. The molecule has 8 nitrogen and oxygen atoms in total. The lowest BCUT2D eigenvalue weighted by Gasteiger charge is -2.43. The fraction of sp³-hybridized carbons (Fsp3) is 0.759. The summed E-state index contributed by atoms with van der Waals surface area (Å²) in [4.78, 5) is 48.0. The lowest BCUT2D eigenvalue weighted by molar-refractivity contribution is -0.160. The van der Waals surface area contributed by atoms with E-state index >= 15 is 0 Å². The molecule has 37 heavy (non-hydrogen) atoms. The van der Waals surface area contributed by atoms with Crippen molar-refractivity contribution in [3.05, 3.63) is 25.3 Å². The summed E-state index contributed by atoms with van der Waals surface area (Å²) in [7, 11) is 0. The number of ether oxygens (including phenoxy) is 1. The highest BCUT2D eigenvalue weighted by Gasteiger charge is 2.79. The minimum Gasteiger partial charge on any atom is -0.394 e. The summed E-state index contributed by atoms with van der Waals surface area (Å²) in [5.74, 6) is -2.02. The maximum atomic E-state index is 14.4. The molecular weight excluding hydrogens is 470 g/mol. The molecule has 6 atom stereocenters. The van der Waals surface area contributed by atoms with Gasteiger partial charge in [0.1, 0.15) is 11.6 Å². The molecule has 0 radical (unpaired) electrons. The van der Waals surface area contributed by atoms with Crippen molar-refractivity contribution in [2.24, 2.45) is 11.8 Å². The number of carbonyl (C=O) groups is 3. The molecule has 0 aromatic heterocycles. The lowest BCUT2D eigenvalue weighted by Crippen LogP contribution is -2.61. The van der Waals surface area contributed by atoms with Gasteiger partial charge in [-0.1, -0.05) is 32.9 Å². The molecule has 1 spiro atoms. The molecule has 3 aliphatic heterocycles. The zero-order valence-electron chi connectivity index (χ0n) is 23.7. The Balaban J connectivity index is 2.19. The van der Waals surface area contributed by atoms with Crippen molar-refractivity contribution in [1.82, 2.24) is 14.7 Å². The van der Waals surface area contributed by atoms with Gasteiger partial charge in [-0.15, -0.1) is 13.2 Å². The Bertz CT molecular complexity index is 910. The maximum absolute atomic E-state index is 14.4. The molecule has 3 saturated heterocycles. The molecule has 3 amide bonds. The van der Waals surface area contributed by atoms with Crippen LogP contribution < -0.4 is 0 Å². The van der Waals surface area contributed by atoms with Gasteiger partial charge in [0, 0.05) is 25.2 Å². The van der Waals surface area contributed by atoms with Gasteiger partial charge in [0.2, 0.25) is 17.7 Å². The third-order valence-corrected chi connectivity index (χ3v) is 8.74. The maximum Gasteiger partial charge on any atom is 0.249 e. The van der Waals surface area contributed by atoms with E-state index < -0.39 is 40.7 Å². The highest BCUT2D eigenvalue weighted by Crippen LogP contribution is 2.65. The normalized spacial score (nSPS) is 31.3. The Kier molecular flexibility index (Phi) is 8.64. The van der Waals surface area contributed by atoms with Crippen LogP contribution in [0, 0.1) is 11.8 Å². The first-order chi connectivity index (χ1) is 17.4. The molecule has 8 heteroatoms. The van der Waals surface area contributed by atoms with E-state index in [0.29, 0.717) is 45.3 Å². The van der Waals surface area contributed by atoms with E-state index in [4.69, 9.17) is 4.74 Å². The summed E-state index contributed by atoms with van der Waals surface area (Å²) in [6.07, 6.45) is 6.39. The molecule has 2 unspecified atom stereocenters. The molecule has 3 heterocycles. The number of hydrogen-bond donors (Lipinski definition) is 1. The molecule has 3 fully saturated rings. The second-order valence-corrected chi connectivity index (χ2v) is 11.8. The molecule has 0 aromatic carbocycles. The SMILES string of the molecule is C=CCN(CCC)C(=O)[C@@H]1[C@H]2C(=O)N([C@@H](CC)CO)C(C(=O)N(CC=C)C(C)(C)C)C23CC[C@@]1(CC)O3. The van der Waals surface area contributed by atoms with Crippen molar-refractivity contribution in [3.8, 4) is 0 Å². The summed E-state index contributed by atoms with van der Waals surface area (Å²) < 4.78 is 6.88. The Hall–Kier alpha value is -2.19. The topological polar surface area (TPSA) is 90.4 Å². The van der Waals surface area contributed by atoms with E-state index in [1.165, 1.54) is 0 Å². The Labute approximate surface area is 222 Å². The summed E-state index contributed by atoms with van der Waals surface area (Å²) in [5.41, 5.74) is -2.42. The fourth-order valence-corrected chi connectivity index (χ4v) is 7.00. The average Bonchev–Trinajstić information content (AvgIpc) is 3.46. The summed E-state index contributed by atoms with van der Waals surface area (Å²) >= 11 is 0. The number of nitrogens with zero attached hydrogens (tertiary/aromatic N) is 3. The van der Waals surface area contributed by atoms with E-state index in [1.54, 1.807) is 26.9 Å². The zero-order chi connectivity index (χ0) is 27.8. The lowest BCUT2D eigenvalue weighted by atomic mass is 9.64. The van der Waals surface area contributed by atoms with Crippen LogP contribution in [0.2, 0.25) is 0 Å². The van der Waals surface area contributed by atoms with Crippen LogP contribution in [0.4, 0.5) is 0 Å². The van der Waals surface area contributed by atoms with Crippen LogP contribution in [0.15, 0.2) is 25.3 Å². The van der Waals surface area contributed by atoms with Gasteiger partial charge in [0.05, 0.1) is 30.1 Å². The van der Waals surface area contributed by atoms with E-state index in [0.717, 1.165) is 6.42 Å². The van der Waals surface area contributed by atoms with E-state index in [9.17, 15) is 19.5 Å². The number of likely N-dealkylation sites (tertiary alicyclic amines) is 1. The molecular formula is C29H47N3O5. The van der Waals surface area contributed by atoms with E-state index in [2.05, 4.69) is 13.2 Å². The average molecular weight is 518 g/mol. The van der Waals surface area contributed by atoms with Gasteiger partial charge in [0.25, 0.3) is 0 Å². The van der Waals surface area contributed by atoms with Crippen molar-refractivity contribution < 1.29 is 24.2 Å². The summed E-state index contributed by atoms with van der Waals surface area (Å²) in [6.45, 7) is 20.5. The Morgan fingerprint density at radius 3 is 2.30 bits per heavy atom. The largest absolute Gasteiger partial charge is 0.394 e. The molecule has 0 aliphatic carbocycles. The van der Waals surface area contributed by atoms with Crippen LogP contribution in [0.1, 0.15) is 73.6 Å². The number of aliphatic hydroxyl groups excluding tert-OH is 1. The molecule has 2 bridgehead atoms. The standard InChI is InChI=1S/C29H47N3O5/c1-9-16-30(17-10-2)24(34)21-22-25(35)32(20(12-4)19-33)23(26(36)31(18-11-3)27(6,7)8)29(22)15-14-28(21,13-5)37-29/h9,11,20-23,33H,1,3,10,12-19H2,2,4-8H3/t20-,21-,22-,23?,28+,29?/m0/s1. The van der Waals surface area contributed by atoms with Crippen molar-refractivity contribution >= 4 is 17.7 Å². The Morgan fingerprint density at radius 2 is 1.81 bits per heavy atom. The van der Waals surface area contributed by atoms with Crippen molar-refractivity contribution in [2.75, 3.05) is 26.2 Å². The second-order valence-electron chi connectivity index (χ2n) is 11.8. The predicted octanol–water partition coefficient (Wildman–Crippen LogP) is 3.15. The van der Waals surface area contributed by atoms with Crippen LogP contribution in [-0.2, 0) is 19.1 Å². The van der Waals surface area contributed by atoms with Crippen molar-refractivity contribution in [3.63, 3.8) is 0 Å². The Morgan fingerprint density at radius 1 is 1.16 bits per heavy atom. The molecule has 3 rings (SSSR count). The van der Waals surface area contributed by atoms with Crippen LogP contribution in [0.5, 0.6) is 0 Å². The zero-order valence-corrected chi connectivity index (χ0v) is 23.7. The van der Waals surface area contributed by atoms with Gasteiger partial charge < -0.3 is 24.5 Å². The van der Waals surface area contributed by atoms with Crippen LogP contribution >= 0.6 is 0 Å². The van der Waals surface area contributed by atoms with Gasteiger partial charge >= 0.3 is 0 Å². The van der Waals surface area contributed by atoms with Gasteiger partial charge in [0.15, 0.2) is 0 Å².